The molecule has 4 aromatic rings. The maximum Gasteiger partial charge on any atom is 0.216 e. The number of aromatic nitrogens is 2. The van der Waals surface area contributed by atoms with Gasteiger partial charge in [-0.25, -0.2) is 4.98 Å². The summed E-state index contributed by atoms with van der Waals surface area (Å²) in [5.74, 6) is 1.02. The minimum Gasteiger partial charge on any atom is -0.497 e. The van der Waals surface area contributed by atoms with Gasteiger partial charge in [0.1, 0.15) is 11.5 Å². The molecule has 146 valence electrons. The predicted octanol–water partition coefficient (Wildman–Crippen LogP) is 4.99. The Labute approximate surface area is 169 Å². The molecule has 0 amide bonds. The van der Waals surface area contributed by atoms with E-state index in [0.717, 1.165) is 27.8 Å². The van der Waals surface area contributed by atoms with E-state index in [9.17, 15) is 4.39 Å². The van der Waals surface area contributed by atoms with Crippen molar-refractivity contribution in [3.63, 3.8) is 0 Å². The fourth-order valence-corrected chi connectivity index (χ4v) is 3.37. The molecule has 0 bridgehead atoms. The zero-order valence-electron chi connectivity index (χ0n) is 16.1. The number of fused-ring (bicyclic) bond motifs is 1. The number of nitrogens with zero attached hydrogens (tertiary/aromatic N) is 2. The molecule has 0 saturated heterocycles. The van der Waals surface area contributed by atoms with E-state index >= 15 is 0 Å². The average Bonchev–Trinajstić information content (AvgIpc) is 2.76. The Balaban J connectivity index is 1.51. The van der Waals surface area contributed by atoms with E-state index in [-0.39, 0.29) is 0 Å². The standard InChI is InChI=1S/C24H21FN2O2/c1-28-19-7-8-21-22(16-19)26-13-10-23(21)29-14-11-20-18(9-12-27-24(20)25)15-17-5-3-2-4-6-17/h2-10,12-13,16H,11,14-15H2,1H3. The Morgan fingerprint density at radius 2 is 1.76 bits per heavy atom. The average molecular weight is 388 g/mol. The van der Waals surface area contributed by atoms with Crippen LogP contribution in [0.15, 0.2) is 73.1 Å². The summed E-state index contributed by atoms with van der Waals surface area (Å²) in [4.78, 5) is 8.19. The Morgan fingerprint density at radius 1 is 0.931 bits per heavy atom. The molecule has 0 radical (unpaired) electrons. The quantitative estimate of drug-likeness (QED) is 0.419. The number of halogens is 1. The summed E-state index contributed by atoms with van der Waals surface area (Å²) in [7, 11) is 1.62. The first-order chi connectivity index (χ1) is 14.2. The molecule has 0 unspecified atom stereocenters. The first kappa shape index (κ1) is 18.9. The minimum atomic E-state index is -0.439. The summed E-state index contributed by atoms with van der Waals surface area (Å²) < 4.78 is 25.7. The highest BCUT2D eigenvalue weighted by atomic mass is 19.1. The smallest absolute Gasteiger partial charge is 0.216 e. The van der Waals surface area contributed by atoms with E-state index in [2.05, 4.69) is 9.97 Å². The second-order valence-electron chi connectivity index (χ2n) is 6.69. The van der Waals surface area contributed by atoms with Crippen molar-refractivity contribution in [1.82, 2.24) is 9.97 Å². The van der Waals surface area contributed by atoms with Crippen LogP contribution in [-0.2, 0) is 12.8 Å². The van der Waals surface area contributed by atoms with Crippen molar-refractivity contribution in [1.29, 1.82) is 0 Å². The lowest BCUT2D eigenvalue weighted by Crippen LogP contribution is -2.08. The fourth-order valence-electron chi connectivity index (χ4n) is 3.37. The van der Waals surface area contributed by atoms with Crippen LogP contribution in [0.25, 0.3) is 10.9 Å². The summed E-state index contributed by atoms with van der Waals surface area (Å²) in [6.45, 7) is 0.343. The number of rotatable bonds is 7. The lowest BCUT2D eigenvalue weighted by atomic mass is 10.00. The second kappa shape index (κ2) is 8.69. The molecule has 0 N–H and O–H groups in total. The van der Waals surface area contributed by atoms with Gasteiger partial charge in [0.2, 0.25) is 5.95 Å². The number of ether oxygens (including phenoxy) is 2. The van der Waals surface area contributed by atoms with Crippen molar-refractivity contribution in [2.45, 2.75) is 12.8 Å². The van der Waals surface area contributed by atoms with Crippen LogP contribution in [0, 0.1) is 5.95 Å². The van der Waals surface area contributed by atoms with E-state index in [4.69, 9.17) is 9.47 Å². The summed E-state index contributed by atoms with van der Waals surface area (Å²) in [5.41, 5.74) is 3.45. The maximum absolute atomic E-state index is 14.4. The molecule has 2 heterocycles. The van der Waals surface area contributed by atoms with Gasteiger partial charge in [-0.2, -0.15) is 4.39 Å². The van der Waals surface area contributed by atoms with Gasteiger partial charge in [0, 0.05) is 35.8 Å². The molecule has 0 atom stereocenters. The molecule has 0 fully saturated rings. The van der Waals surface area contributed by atoms with Crippen molar-refractivity contribution in [2.24, 2.45) is 0 Å². The Kier molecular flexibility index (Phi) is 5.66. The molecule has 2 aromatic heterocycles. The van der Waals surface area contributed by atoms with Crippen LogP contribution in [-0.4, -0.2) is 23.7 Å². The van der Waals surface area contributed by atoms with Gasteiger partial charge in [-0.15, -0.1) is 0 Å². The van der Waals surface area contributed by atoms with E-state index in [1.807, 2.05) is 60.7 Å². The second-order valence-corrected chi connectivity index (χ2v) is 6.69. The molecule has 29 heavy (non-hydrogen) atoms. The SMILES string of the molecule is COc1ccc2c(OCCc3c(Cc4ccccc4)ccnc3F)ccnc2c1. The van der Waals surface area contributed by atoms with Gasteiger partial charge in [0.15, 0.2) is 0 Å². The summed E-state index contributed by atoms with van der Waals surface area (Å²) in [6, 6.07) is 19.4. The van der Waals surface area contributed by atoms with Gasteiger partial charge in [-0.3, -0.25) is 4.98 Å². The predicted molar refractivity (Wildman–Crippen MR) is 111 cm³/mol. The number of methoxy groups -OCH3 is 1. The van der Waals surface area contributed by atoms with Crippen LogP contribution in [0.1, 0.15) is 16.7 Å². The highest BCUT2D eigenvalue weighted by Crippen LogP contribution is 2.27. The molecular formula is C24H21FN2O2. The van der Waals surface area contributed by atoms with E-state index < -0.39 is 5.95 Å². The number of hydrogen-bond donors (Lipinski definition) is 0. The van der Waals surface area contributed by atoms with E-state index in [0.29, 0.717) is 30.8 Å². The number of pyridine rings is 2. The third-order valence-electron chi connectivity index (χ3n) is 4.86. The minimum absolute atomic E-state index is 0.343. The van der Waals surface area contributed by atoms with Gasteiger partial charge in [0.25, 0.3) is 0 Å². The lowest BCUT2D eigenvalue weighted by molar-refractivity contribution is 0.322. The largest absolute Gasteiger partial charge is 0.497 e. The third-order valence-corrected chi connectivity index (χ3v) is 4.86. The van der Waals surface area contributed by atoms with Crippen molar-refractivity contribution in [3.05, 3.63) is 95.7 Å². The topological polar surface area (TPSA) is 44.2 Å². The first-order valence-electron chi connectivity index (χ1n) is 9.46. The first-order valence-corrected chi connectivity index (χ1v) is 9.46. The zero-order chi connectivity index (χ0) is 20.1. The van der Waals surface area contributed by atoms with Gasteiger partial charge >= 0.3 is 0 Å². The molecule has 0 spiro atoms. The molecule has 0 aliphatic heterocycles. The lowest BCUT2D eigenvalue weighted by Gasteiger charge is -2.13. The van der Waals surface area contributed by atoms with Crippen molar-refractivity contribution in [2.75, 3.05) is 13.7 Å². The van der Waals surface area contributed by atoms with Gasteiger partial charge < -0.3 is 9.47 Å². The van der Waals surface area contributed by atoms with Gasteiger partial charge in [0.05, 0.1) is 19.2 Å². The maximum atomic E-state index is 14.4. The molecule has 0 aliphatic carbocycles. The number of benzene rings is 2. The highest BCUT2D eigenvalue weighted by molar-refractivity contribution is 5.85. The Bertz CT molecular complexity index is 1120. The Morgan fingerprint density at radius 3 is 2.59 bits per heavy atom. The van der Waals surface area contributed by atoms with Crippen LogP contribution in [0.5, 0.6) is 11.5 Å². The molecule has 0 saturated carbocycles. The van der Waals surface area contributed by atoms with Gasteiger partial charge in [-0.1, -0.05) is 30.3 Å². The zero-order valence-corrected chi connectivity index (χ0v) is 16.1. The van der Waals surface area contributed by atoms with Crippen LogP contribution >= 0.6 is 0 Å². The molecule has 4 rings (SSSR count). The van der Waals surface area contributed by atoms with Crippen LogP contribution in [0.4, 0.5) is 4.39 Å². The van der Waals surface area contributed by atoms with Crippen molar-refractivity contribution >= 4 is 10.9 Å². The summed E-state index contributed by atoms with van der Waals surface area (Å²) in [6.07, 6.45) is 4.31. The monoisotopic (exact) mass is 388 g/mol. The van der Waals surface area contributed by atoms with Crippen molar-refractivity contribution in [3.8, 4) is 11.5 Å². The third kappa shape index (κ3) is 4.35. The fraction of sp³-hybridized carbons (Fsp3) is 0.167. The molecule has 0 aliphatic rings. The number of hydrogen-bond acceptors (Lipinski definition) is 4. The van der Waals surface area contributed by atoms with Crippen LogP contribution < -0.4 is 9.47 Å². The van der Waals surface area contributed by atoms with Crippen LogP contribution in [0.3, 0.4) is 0 Å². The highest BCUT2D eigenvalue weighted by Gasteiger charge is 2.12. The van der Waals surface area contributed by atoms with Crippen LogP contribution in [0.2, 0.25) is 0 Å². The van der Waals surface area contributed by atoms with Gasteiger partial charge in [-0.05, 0) is 41.8 Å². The van der Waals surface area contributed by atoms with E-state index in [1.165, 1.54) is 6.20 Å². The molecular weight excluding hydrogens is 367 g/mol. The van der Waals surface area contributed by atoms with Crippen molar-refractivity contribution < 1.29 is 13.9 Å². The molecule has 5 heteroatoms. The molecule has 2 aromatic carbocycles. The normalized spacial score (nSPS) is 10.8. The summed E-state index contributed by atoms with van der Waals surface area (Å²) >= 11 is 0. The molecule has 4 nitrogen and oxygen atoms in total. The van der Waals surface area contributed by atoms with E-state index in [1.54, 1.807) is 13.3 Å². The Hall–Kier alpha value is -3.47. The summed E-state index contributed by atoms with van der Waals surface area (Å²) in [5, 5.41) is 0.893.